The van der Waals surface area contributed by atoms with Gasteiger partial charge in [0, 0.05) is 32.4 Å². The second kappa shape index (κ2) is 5.47. The molecule has 10 heteroatoms. The van der Waals surface area contributed by atoms with E-state index in [2.05, 4.69) is 30.0 Å². The fourth-order valence-electron chi connectivity index (χ4n) is 2.65. The Balaban J connectivity index is 1.53. The van der Waals surface area contributed by atoms with Gasteiger partial charge in [0.25, 0.3) is 5.91 Å². The normalized spacial score (nSPS) is 15.3. The number of nitrogens with zero attached hydrogens (tertiary/aromatic N) is 6. The van der Waals surface area contributed by atoms with Crippen molar-refractivity contribution in [3.05, 3.63) is 23.5 Å². The smallest absolute Gasteiger partial charge is 0.271 e. The molecule has 118 valence electrons. The number of fused-ring (bicyclic) bond motifs is 1. The van der Waals surface area contributed by atoms with Gasteiger partial charge in [0.1, 0.15) is 11.2 Å². The number of hydrogen-bond acceptors (Lipinski definition) is 8. The molecule has 3 aromatic heterocycles. The molecule has 0 aromatic carbocycles. The fourth-order valence-corrected chi connectivity index (χ4v) is 3.31. The highest BCUT2D eigenvalue weighted by atomic mass is 32.1. The number of hydrogen-bond donors (Lipinski definition) is 2. The number of nitrogens with two attached hydrogens (primary N) is 1. The Morgan fingerprint density at radius 1 is 1.26 bits per heavy atom. The molecule has 0 unspecified atom stereocenters. The van der Waals surface area contributed by atoms with Gasteiger partial charge in [-0.05, 0) is 6.07 Å². The van der Waals surface area contributed by atoms with E-state index < -0.39 is 0 Å². The van der Waals surface area contributed by atoms with E-state index in [0.717, 1.165) is 16.2 Å². The lowest BCUT2D eigenvalue weighted by atomic mass is 10.2. The van der Waals surface area contributed by atoms with E-state index in [1.165, 1.54) is 11.3 Å². The molecule has 1 amide bonds. The number of piperazine rings is 1. The molecule has 1 saturated heterocycles. The van der Waals surface area contributed by atoms with E-state index >= 15 is 0 Å². The van der Waals surface area contributed by atoms with Gasteiger partial charge in [0.2, 0.25) is 5.95 Å². The van der Waals surface area contributed by atoms with Gasteiger partial charge in [0.15, 0.2) is 10.6 Å². The number of aromatic amines is 1. The van der Waals surface area contributed by atoms with Crippen molar-refractivity contribution in [2.24, 2.45) is 0 Å². The van der Waals surface area contributed by atoms with E-state index in [-0.39, 0.29) is 11.9 Å². The predicted octanol–water partition coefficient (Wildman–Crippen LogP) is 0.354. The monoisotopic (exact) mass is 330 g/mol. The number of amides is 1. The van der Waals surface area contributed by atoms with Crippen LogP contribution in [0.2, 0.25) is 0 Å². The minimum Gasteiger partial charge on any atom is -0.368 e. The summed E-state index contributed by atoms with van der Waals surface area (Å²) in [5.74, 6) is 0.943. The van der Waals surface area contributed by atoms with Crippen LogP contribution in [-0.2, 0) is 0 Å². The molecule has 0 atom stereocenters. The van der Waals surface area contributed by atoms with Crippen LogP contribution in [0.4, 0.5) is 11.8 Å². The molecule has 1 fully saturated rings. The molecule has 0 spiro atoms. The molecular formula is C13H14N8OS. The highest BCUT2D eigenvalue weighted by Gasteiger charge is 2.25. The van der Waals surface area contributed by atoms with Crippen molar-refractivity contribution >= 4 is 39.4 Å². The lowest BCUT2D eigenvalue weighted by molar-refractivity contribution is 0.0740. The van der Waals surface area contributed by atoms with Gasteiger partial charge in [-0.3, -0.25) is 9.89 Å². The number of H-pyrrole nitrogens is 1. The third-order valence-corrected chi connectivity index (χ3v) is 4.51. The van der Waals surface area contributed by atoms with Crippen molar-refractivity contribution in [1.82, 2.24) is 30.0 Å². The van der Waals surface area contributed by atoms with Gasteiger partial charge in [-0.15, -0.1) is 11.3 Å². The van der Waals surface area contributed by atoms with Crippen LogP contribution in [0.3, 0.4) is 0 Å². The third-order valence-electron chi connectivity index (χ3n) is 3.79. The van der Waals surface area contributed by atoms with Gasteiger partial charge in [0.05, 0.1) is 5.51 Å². The molecule has 3 aromatic rings. The zero-order valence-corrected chi connectivity index (χ0v) is 13.0. The van der Waals surface area contributed by atoms with Gasteiger partial charge < -0.3 is 15.5 Å². The Hall–Kier alpha value is -2.75. The molecule has 0 bridgehead atoms. The number of thiazole rings is 1. The predicted molar refractivity (Wildman–Crippen MR) is 86.3 cm³/mol. The lowest BCUT2D eigenvalue weighted by Crippen LogP contribution is -2.49. The van der Waals surface area contributed by atoms with Crippen molar-refractivity contribution in [3.63, 3.8) is 0 Å². The van der Waals surface area contributed by atoms with E-state index in [1.807, 2.05) is 0 Å². The van der Waals surface area contributed by atoms with Crippen LogP contribution in [0, 0.1) is 0 Å². The summed E-state index contributed by atoms with van der Waals surface area (Å²) < 4.78 is 0. The fraction of sp³-hybridized carbons (Fsp3) is 0.308. The standard InChI is InChI=1S/C13H14N8OS/c14-13-17-10(9-11(18-13)23-7-15-9)20-3-5-21(6-4-20)12(22)8-1-2-16-19-8/h1-2,7H,3-6H2,(H,16,19)(H2,14,17,18). The minimum atomic E-state index is -0.0387. The average molecular weight is 330 g/mol. The van der Waals surface area contributed by atoms with Crippen LogP contribution in [0.1, 0.15) is 10.5 Å². The zero-order chi connectivity index (χ0) is 15.8. The molecule has 23 heavy (non-hydrogen) atoms. The molecule has 0 saturated carbocycles. The topological polar surface area (TPSA) is 117 Å². The first-order chi connectivity index (χ1) is 11.2. The van der Waals surface area contributed by atoms with E-state index in [0.29, 0.717) is 31.9 Å². The van der Waals surface area contributed by atoms with Gasteiger partial charge >= 0.3 is 0 Å². The quantitative estimate of drug-likeness (QED) is 0.696. The maximum absolute atomic E-state index is 12.3. The summed E-state index contributed by atoms with van der Waals surface area (Å²) in [6, 6.07) is 1.68. The minimum absolute atomic E-state index is 0.0387. The highest BCUT2D eigenvalue weighted by Crippen LogP contribution is 2.26. The first-order valence-electron chi connectivity index (χ1n) is 7.12. The Bertz CT molecular complexity index is 837. The van der Waals surface area contributed by atoms with Crippen molar-refractivity contribution in [2.75, 3.05) is 36.8 Å². The first kappa shape index (κ1) is 13.9. The molecule has 0 radical (unpaired) electrons. The summed E-state index contributed by atoms with van der Waals surface area (Å²) in [7, 11) is 0. The van der Waals surface area contributed by atoms with E-state index in [4.69, 9.17) is 5.73 Å². The van der Waals surface area contributed by atoms with Gasteiger partial charge in [-0.2, -0.15) is 10.1 Å². The molecule has 9 nitrogen and oxygen atoms in total. The summed E-state index contributed by atoms with van der Waals surface area (Å²) >= 11 is 1.44. The van der Waals surface area contributed by atoms with Gasteiger partial charge in [-0.1, -0.05) is 0 Å². The summed E-state index contributed by atoms with van der Waals surface area (Å²) in [5, 5.41) is 6.52. The van der Waals surface area contributed by atoms with Crippen LogP contribution in [0.15, 0.2) is 17.8 Å². The SMILES string of the molecule is Nc1nc(N2CCN(C(=O)c3ccn[nH]3)CC2)c2ncsc2n1. The number of nitrogens with one attached hydrogen (secondary N) is 1. The molecule has 3 N–H and O–H groups in total. The van der Waals surface area contributed by atoms with E-state index in [9.17, 15) is 4.79 Å². The summed E-state index contributed by atoms with van der Waals surface area (Å²) in [4.78, 5) is 29.8. The molecule has 1 aliphatic heterocycles. The Morgan fingerprint density at radius 3 is 2.83 bits per heavy atom. The van der Waals surface area contributed by atoms with Crippen molar-refractivity contribution in [3.8, 4) is 0 Å². The molecule has 4 heterocycles. The molecular weight excluding hydrogens is 316 g/mol. The maximum Gasteiger partial charge on any atom is 0.271 e. The number of carbonyl (C=O) groups is 1. The molecule has 4 rings (SSSR count). The average Bonchev–Trinajstić information content (AvgIpc) is 3.25. The Kier molecular flexibility index (Phi) is 3.30. The Morgan fingerprint density at radius 2 is 2.09 bits per heavy atom. The van der Waals surface area contributed by atoms with E-state index in [1.54, 1.807) is 22.7 Å². The molecule has 0 aliphatic carbocycles. The molecule has 1 aliphatic rings. The van der Waals surface area contributed by atoms with Crippen LogP contribution >= 0.6 is 11.3 Å². The van der Waals surface area contributed by atoms with Crippen LogP contribution in [0.5, 0.6) is 0 Å². The lowest BCUT2D eigenvalue weighted by Gasteiger charge is -2.35. The Labute approximate surface area is 135 Å². The zero-order valence-electron chi connectivity index (χ0n) is 12.1. The second-order valence-electron chi connectivity index (χ2n) is 5.16. The number of rotatable bonds is 2. The summed E-state index contributed by atoms with van der Waals surface area (Å²) in [6.45, 7) is 2.55. The van der Waals surface area contributed by atoms with Gasteiger partial charge in [-0.25, -0.2) is 9.97 Å². The van der Waals surface area contributed by atoms with Crippen molar-refractivity contribution < 1.29 is 4.79 Å². The number of anilines is 2. The first-order valence-corrected chi connectivity index (χ1v) is 8.00. The third kappa shape index (κ3) is 2.46. The van der Waals surface area contributed by atoms with Crippen molar-refractivity contribution in [2.45, 2.75) is 0 Å². The highest BCUT2D eigenvalue weighted by molar-refractivity contribution is 7.16. The van der Waals surface area contributed by atoms with Crippen LogP contribution in [0.25, 0.3) is 10.3 Å². The maximum atomic E-state index is 12.3. The number of nitrogen functional groups attached to an aromatic ring is 1. The number of carbonyl (C=O) groups excluding carboxylic acids is 1. The number of aromatic nitrogens is 5. The van der Waals surface area contributed by atoms with Crippen molar-refractivity contribution in [1.29, 1.82) is 0 Å². The summed E-state index contributed by atoms with van der Waals surface area (Å²) in [5.41, 5.74) is 8.79. The second-order valence-corrected chi connectivity index (χ2v) is 5.99. The van der Waals surface area contributed by atoms with Crippen LogP contribution in [-0.4, -0.2) is 62.1 Å². The summed E-state index contributed by atoms with van der Waals surface area (Å²) in [6.07, 6.45) is 1.58. The van der Waals surface area contributed by atoms with Crippen LogP contribution < -0.4 is 10.6 Å². The largest absolute Gasteiger partial charge is 0.368 e.